The molecule has 0 radical (unpaired) electrons. The van der Waals surface area contributed by atoms with Gasteiger partial charge in [0.25, 0.3) is 0 Å². The molecule has 0 aromatic heterocycles. The van der Waals surface area contributed by atoms with Crippen molar-refractivity contribution < 1.29 is 14.7 Å². The van der Waals surface area contributed by atoms with Gasteiger partial charge in [-0.25, -0.2) is 4.79 Å². The van der Waals surface area contributed by atoms with Crippen molar-refractivity contribution in [2.75, 3.05) is 6.54 Å². The molecule has 1 heterocycles. The number of amides is 1. The summed E-state index contributed by atoms with van der Waals surface area (Å²) in [4.78, 5) is 25.4. The minimum atomic E-state index is -0.942. The first-order chi connectivity index (χ1) is 10.0. The van der Waals surface area contributed by atoms with E-state index in [1.165, 1.54) is 4.90 Å². The zero-order valence-electron chi connectivity index (χ0n) is 12.2. The van der Waals surface area contributed by atoms with Gasteiger partial charge in [-0.1, -0.05) is 37.3 Å². The van der Waals surface area contributed by atoms with Crippen molar-refractivity contribution in [3.63, 3.8) is 0 Å². The van der Waals surface area contributed by atoms with E-state index in [9.17, 15) is 14.7 Å². The number of benzene rings is 1. The summed E-state index contributed by atoms with van der Waals surface area (Å²) in [5.41, 5.74) is 6.99. The average molecular weight is 290 g/mol. The van der Waals surface area contributed by atoms with Crippen LogP contribution >= 0.6 is 0 Å². The molecule has 1 aliphatic heterocycles. The van der Waals surface area contributed by atoms with Crippen LogP contribution in [0.15, 0.2) is 30.3 Å². The Bertz CT molecular complexity index is 504. The van der Waals surface area contributed by atoms with E-state index in [-0.39, 0.29) is 11.8 Å². The Hall–Kier alpha value is -1.88. The number of aliphatic carboxylic acids is 1. The fraction of sp³-hybridized carbons (Fsp3) is 0.500. The highest BCUT2D eigenvalue weighted by Crippen LogP contribution is 2.24. The second kappa shape index (κ2) is 6.72. The molecule has 0 saturated carbocycles. The highest BCUT2D eigenvalue weighted by molar-refractivity contribution is 5.87. The molecule has 1 amide bonds. The predicted octanol–water partition coefficient (Wildman–Crippen LogP) is 1.27. The number of carboxylic acid groups (broad SMARTS) is 1. The van der Waals surface area contributed by atoms with Gasteiger partial charge in [0, 0.05) is 6.54 Å². The van der Waals surface area contributed by atoms with Crippen LogP contribution in [0.2, 0.25) is 0 Å². The van der Waals surface area contributed by atoms with Crippen molar-refractivity contribution in [1.82, 2.24) is 4.90 Å². The van der Waals surface area contributed by atoms with E-state index in [1.54, 1.807) is 0 Å². The molecule has 2 rings (SSSR count). The fourth-order valence-electron chi connectivity index (χ4n) is 2.98. The molecule has 21 heavy (non-hydrogen) atoms. The van der Waals surface area contributed by atoms with Crippen LogP contribution in [-0.4, -0.2) is 40.5 Å². The Morgan fingerprint density at radius 2 is 2.05 bits per heavy atom. The lowest BCUT2D eigenvalue weighted by atomic mass is 9.90. The van der Waals surface area contributed by atoms with E-state index in [4.69, 9.17) is 5.73 Å². The minimum absolute atomic E-state index is 0.0378. The van der Waals surface area contributed by atoms with Crippen LogP contribution in [0.3, 0.4) is 0 Å². The third-order valence-electron chi connectivity index (χ3n) is 4.08. The third-order valence-corrected chi connectivity index (χ3v) is 4.08. The van der Waals surface area contributed by atoms with Gasteiger partial charge < -0.3 is 15.7 Å². The molecule has 3 unspecified atom stereocenters. The van der Waals surface area contributed by atoms with Crippen molar-refractivity contribution in [3.8, 4) is 0 Å². The summed E-state index contributed by atoms with van der Waals surface area (Å²) in [5, 5.41) is 9.36. The van der Waals surface area contributed by atoms with E-state index in [0.717, 1.165) is 18.4 Å². The first-order valence-corrected chi connectivity index (χ1v) is 7.33. The van der Waals surface area contributed by atoms with E-state index in [1.807, 2.05) is 37.3 Å². The highest BCUT2D eigenvalue weighted by Gasteiger charge is 2.38. The van der Waals surface area contributed by atoms with Gasteiger partial charge in [-0.3, -0.25) is 4.79 Å². The minimum Gasteiger partial charge on any atom is -0.480 e. The van der Waals surface area contributed by atoms with Gasteiger partial charge in [0.2, 0.25) is 5.91 Å². The first-order valence-electron chi connectivity index (χ1n) is 7.33. The van der Waals surface area contributed by atoms with Gasteiger partial charge >= 0.3 is 5.97 Å². The summed E-state index contributed by atoms with van der Waals surface area (Å²) < 4.78 is 0. The number of hydrogen-bond acceptors (Lipinski definition) is 3. The first kappa shape index (κ1) is 15.5. The molecule has 1 aromatic carbocycles. The summed E-state index contributed by atoms with van der Waals surface area (Å²) in [6.07, 6.45) is 2.08. The summed E-state index contributed by atoms with van der Waals surface area (Å²) in [5.74, 6) is -1.25. The van der Waals surface area contributed by atoms with Gasteiger partial charge in [0.1, 0.15) is 6.04 Å². The maximum absolute atomic E-state index is 12.5. The molecule has 1 aromatic rings. The third kappa shape index (κ3) is 3.61. The van der Waals surface area contributed by atoms with Gasteiger partial charge in [0.05, 0.1) is 6.04 Å². The molecule has 1 fully saturated rings. The van der Waals surface area contributed by atoms with Crippen molar-refractivity contribution in [2.24, 2.45) is 11.7 Å². The average Bonchev–Trinajstić information content (AvgIpc) is 2.46. The van der Waals surface area contributed by atoms with Crippen LogP contribution in [-0.2, 0) is 16.0 Å². The van der Waals surface area contributed by atoms with Crippen LogP contribution in [0.1, 0.15) is 25.3 Å². The Kier molecular flexibility index (Phi) is 4.96. The number of carbonyl (C=O) groups excluding carboxylic acids is 1. The Balaban J connectivity index is 2.08. The largest absolute Gasteiger partial charge is 0.480 e. The molecule has 0 spiro atoms. The van der Waals surface area contributed by atoms with Crippen LogP contribution < -0.4 is 5.73 Å². The maximum atomic E-state index is 12.5. The van der Waals surface area contributed by atoms with E-state index < -0.39 is 18.1 Å². The fourth-order valence-corrected chi connectivity index (χ4v) is 2.98. The van der Waals surface area contributed by atoms with Crippen LogP contribution in [0.25, 0.3) is 0 Å². The van der Waals surface area contributed by atoms with Crippen molar-refractivity contribution >= 4 is 11.9 Å². The summed E-state index contributed by atoms with van der Waals surface area (Å²) in [6, 6.07) is 8.09. The Labute approximate surface area is 124 Å². The number of hydrogen-bond donors (Lipinski definition) is 2. The lowest BCUT2D eigenvalue weighted by Crippen LogP contribution is -2.56. The molecule has 5 heteroatoms. The number of rotatable bonds is 4. The molecular weight excluding hydrogens is 268 g/mol. The second-order valence-corrected chi connectivity index (χ2v) is 5.73. The van der Waals surface area contributed by atoms with Gasteiger partial charge in [0.15, 0.2) is 0 Å². The monoisotopic (exact) mass is 290 g/mol. The molecule has 0 bridgehead atoms. The molecule has 1 saturated heterocycles. The van der Waals surface area contributed by atoms with Crippen LogP contribution in [0, 0.1) is 5.92 Å². The number of piperidine rings is 1. The topological polar surface area (TPSA) is 83.6 Å². The standard InChI is InChI=1S/C16H22N2O3/c1-11-6-5-9-18(14(11)16(20)21)15(19)13(17)10-12-7-3-2-4-8-12/h2-4,7-8,11,13-14H,5-6,9-10,17H2,1H3,(H,20,21). The Morgan fingerprint density at radius 3 is 2.67 bits per heavy atom. The number of nitrogens with zero attached hydrogens (tertiary/aromatic N) is 1. The smallest absolute Gasteiger partial charge is 0.326 e. The van der Waals surface area contributed by atoms with Gasteiger partial charge in [-0.2, -0.15) is 0 Å². The number of likely N-dealkylation sites (tertiary alicyclic amines) is 1. The molecule has 114 valence electrons. The maximum Gasteiger partial charge on any atom is 0.326 e. The van der Waals surface area contributed by atoms with Crippen molar-refractivity contribution in [3.05, 3.63) is 35.9 Å². The van der Waals surface area contributed by atoms with E-state index in [0.29, 0.717) is 13.0 Å². The lowest BCUT2D eigenvalue weighted by Gasteiger charge is -2.38. The summed E-state index contributed by atoms with van der Waals surface area (Å²) in [6.45, 7) is 2.35. The van der Waals surface area contributed by atoms with Crippen LogP contribution in [0.5, 0.6) is 0 Å². The lowest BCUT2D eigenvalue weighted by molar-refractivity contribution is -0.155. The number of carbonyl (C=O) groups is 2. The molecule has 3 atom stereocenters. The van der Waals surface area contributed by atoms with Gasteiger partial charge in [-0.15, -0.1) is 0 Å². The summed E-state index contributed by atoms with van der Waals surface area (Å²) in [7, 11) is 0. The van der Waals surface area contributed by atoms with Crippen LogP contribution in [0.4, 0.5) is 0 Å². The predicted molar refractivity (Wildman–Crippen MR) is 79.7 cm³/mol. The van der Waals surface area contributed by atoms with Gasteiger partial charge in [-0.05, 0) is 30.7 Å². The second-order valence-electron chi connectivity index (χ2n) is 5.73. The van der Waals surface area contributed by atoms with E-state index >= 15 is 0 Å². The quantitative estimate of drug-likeness (QED) is 0.874. The number of carboxylic acids is 1. The normalized spacial score (nSPS) is 23.6. The summed E-state index contributed by atoms with van der Waals surface area (Å²) >= 11 is 0. The number of nitrogens with two attached hydrogens (primary N) is 1. The molecular formula is C16H22N2O3. The zero-order chi connectivity index (χ0) is 15.4. The molecule has 3 N–H and O–H groups in total. The van der Waals surface area contributed by atoms with E-state index in [2.05, 4.69) is 0 Å². The Morgan fingerprint density at radius 1 is 1.38 bits per heavy atom. The van der Waals surface area contributed by atoms with Crippen molar-refractivity contribution in [1.29, 1.82) is 0 Å². The highest BCUT2D eigenvalue weighted by atomic mass is 16.4. The van der Waals surface area contributed by atoms with Crippen molar-refractivity contribution in [2.45, 2.75) is 38.3 Å². The molecule has 0 aliphatic carbocycles. The SMILES string of the molecule is CC1CCCN(C(=O)C(N)Cc2ccccc2)C1C(=O)O. The zero-order valence-corrected chi connectivity index (χ0v) is 12.2. The molecule has 1 aliphatic rings. The molecule has 5 nitrogen and oxygen atoms in total.